The number of hydrogen-bond donors (Lipinski definition) is 0. The molecule has 2 unspecified atom stereocenters. The van der Waals surface area contributed by atoms with Crippen LogP contribution in [0.15, 0.2) is 0 Å². The molecule has 0 saturated heterocycles. The Balaban J connectivity index is 2.81. The van der Waals surface area contributed by atoms with Crippen molar-refractivity contribution in [2.45, 2.75) is 39.5 Å². The first kappa shape index (κ1) is 10.6. The molecule has 2 atom stereocenters. The average molecular weight is 190 g/mol. The first-order chi connectivity index (χ1) is 5.76. The number of halogens is 2. The molecule has 0 radical (unpaired) electrons. The van der Waals surface area contributed by atoms with E-state index in [4.69, 9.17) is 0 Å². The third kappa shape index (κ3) is 2.26. The van der Waals surface area contributed by atoms with Crippen LogP contribution in [0.2, 0.25) is 0 Å². The zero-order valence-corrected chi connectivity index (χ0v) is 8.31. The van der Waals surface area contributed by atoms with E-state index in [-0.39, 0.29) is 24.2 Å². The second-order valence-electron chi connectivity index (χ2n) is 5.04. The van der Waals surface area contributed by atoms with Crippen LogP contribution in [-0.2, 0) is 4.79 Å². The van der Waals surface area contributed by atoms with Crippen LogP contribution in [-0.4, -0.2) is 12.2 Å². The van der Waals surface area contributed by atoms with Gasteiger partial charge in [-0.05, 0) is 11.3 Å². The Morgan fingerprint density at radius 3 is 2.15 bits per heavy atom. The fourth-order valence-electron chi connectivity index (χ4n) is 2.13. The van der Waals surface area contributed by atoms with Gasteiger partial charge in [-0.3, -0.25) is 0 Å². The molecular weight excluding hydrogens is 174 g/mol. The molecule has 1 aliphatic rings. The Kier molecular flexibility index (Phi) is 2.48. The molecule has 0 aromatic carbocycles. The van der Waals surface area contributed by atoms with E-state index in [1.165, 1.54) is 0 Å². The van der Waals surface area contributed by atoms with Crippen LogP contribution < -0.4 is 0 Å². The third-order valence-electron chi connectivity index (χ3n) is 2.86. The predicted molar refractivity (Wildman–Crippen MR) is 46.7 cm³/mol. The predicted octanol–water partition coefficient (Wildman–Crippen LogP) is 2.89. The highest BCUT2D eigenvalue weighted by Crippen LogP contribution is 2.49. The van der Waals surface area contributed by atoms with Gasteiger partial charge in [0.2, 0.25) is 5.92 Å². The second-order valence-corrected chi connectivity index (χ2v) is 5.04. The molecule has 3 heteroatoms. The molecule has 1 rings (SSSR count). The Labute approximate surface area is 77.5 Å². The summed E-state index contributed by atoms with van der Waals surface area (Å²) in [4.78, 5) is 10.6. The Morgan fingerprint density at radius 1 is 1.31 bits per heavy atom. The van der Waals surface area contributed by atoms with Gasteiger partial charge in [-0.25, -0.2) is 8.78 Å². The average Bonchev–Trinajstić information content (AvgIpc) is 2.24. The maximum Gasteiger partial charge on any atom is 0.249 e. The van der Waals surface area contributed by atoms with E-state index in [9.17, 15) is 13.6 Å². The lowest BCUT2D eigenvalue weighted by atomic mass is 9.75. The topological polar surface area (TPSA) is 17.1 Å². The lowest BCUT2D eigenvalue weighted by Gasteiger charge is -2.29. The number of carbonyl (C=O) groups excluding carboxylic acids is 1. The minimum absolute atomic E-state index is 0.139. The van der Waals surface area contributed by atoms with Gasteiger partial charge in [0.1, 0.15) is 6.29 Å². The van der Waals surface area contributed by atoms with Crippen molar-refractivity contribution in [3.63, 3.8) is 0 Å². The molecule has 0 heterocycles. The van der Waals surface area contributed by atoms with Crippen LogP contribution in [0.1, 0.15) is 33.6 Å². The minimum atomic E-state index is -2.64. The molecule has 0 amide bonds. The van der Waals surface area contributed by atoms with Gasteiger partial charge in [-0.15, -0.1) is 0 Å². The summed E-state index contributed by atoms with van der Waals surface area (Å²) in [5.41, 5.74) is -0.203. The molecule has 0 bridgehead atoms. The molecule has 0 aromatic heterocycles. The molecule has 13 heavy (non-hydrogen) atoms. The van der Waals surface area contributed by atoms with E-state index < -0.39 is 11.8 Å². The highest BCUT2D eigenvalue weighted by atomic mass is 19.3. The highest BCUT2D eigenvalue weighted by molar-refractivity contribution is 5.55. The van der Waals surface area contributed by atoms with Gasteiger partial charge in [-0.1, -0.05) is 20.8 Å². The number of carbonyl (C=O) groups is 1. The molecule has 0 aliphatic heterocycles. The molecule has 76 valence electrons. The zero-order valence-electron chi connectivity index (χ0n) is 8.31. The van der Waals surface area contributed by atoms with E-state index in [2.05, 4.69) is 0 Å². The number of hydrogen-bond acceptors (Lipinski definition) is 1. The smallest absolute Gasteiger partial charge is 0.249 e. The monoisotopic (exact) mass is 190 g/mol. The number of aldehydes is 1. The van der Waals surface area contributed by atoms with Gasteiger partial charge in [0.25, 0.3) is 0 Å². The number of rotatable bonds is 1. The molecule has 0 aromatic rings. The van der Waals surface area contributed by atoms with Gasteiger partial charge in [-0.2, -0.15) is 0 Å². The molecule has 1 aliphatic carbocycles. The first-order valence-corrected chi connectivity index (χ1v) is 4.59. The van der Waals surface area contributed by atoms with E-state index in [1.807, 2.05) is 20.8 Å². The van der Waals surface area contributed by atoms with Crippen LogP contribution in [0.5, 0.6) is 0 Å². The maximum atomic E-state index is 13.0. The van der Waals surface area contributed by atoms with Crippen molar-refractivity contribution >= 4 is 6.29 Å². The van der Waals surface area contributed by atoms with Crippen LogP contribution in [0.25, 0.3) is 0 Å². The highest BCUT2D eigenvalue weighted by Gasteiger charge is 2.50. The standard InChI is InChI=1S/C10H16F2O/c1-9(2,3)8-5-10(11,12)4-7(8)6-13/h6-8H,4-5H2,1-3H3. The fraction of sp³-hybridized carbons (Fsp3) is 0.900. The lowest BCUT2D eigenvalue weighted by Crippen LogP contribution is -2.25. The van der Waals surface area contributed by atoms with Crippen molar-refractivity contribution in [2.75, 3.05) is 0 Å². The normalized spacial score (nSPS) is 33.3. The van der Waals surface area contributed by atoms with Gasteiger partial charge in [0.05, 0.1) is 0 Å². The molecule has 1 saturated carbocycles. The summed E-state index contributed by atoms with van der Waals surface area (Å²) in [5.74, 6) is -3.28. The summed E-state index contributed by atoms with van der Waals surface area (Å²) in [5, 5.41) is 0. The summed E-state index contributed by atoms with van der Waals surface area (Å²) in [6, 6.07) is 0. The summed E-state index contributed by atoms with van der Waals surface area (Å²) < 4.78 is 26.0. The molecule has 0 N–H and O–H groups in total. The van der Waals surface area contributed by atoms with Crippen molar-refractivity contribution in [2.24, 2.45) is 17.3 Å². The quantitative estimate of drug-likeness (QED) is 0.581. The van der Waals surface area contributed by atoms with Crippen molar-refractivity contribution < 1.29 is 13.6 Å². The number of alkyl halides is 2. The zero-order chi connectivity index (χ0) is 10.3. The lowest BCUT2D eigenvalue weighted by molar-refractivity contribution is -0.113. The molecule has 0 spiro atoms. The van der Waals surface area contributed by atoms with E-state index in [1.54, 1.807) is 0 Å². The van der Waals surface area contributed by atoms with Crippen molar-refractivity contribution in [1.82, 2.24) is 0 Å². The Bertz CT molecular complexity index is 205. The first-order valence-electron chi connectivity index (χ1n) is 4.59. The molecular formula is C10H16F2O. The largest absolute Gasteiger partial charge is 0.303 e. The van der Waals surface area contributed by atoms with Crippen LogP contribution in [0, 0.1) is 17.3 Å². The SMILES string of the molecule is CC(C)(C)C1CC(F)(F)CC1C=O. The van der Waals surface area contributed by atoms with Crippen LogP contribution in [0.3, 0.4) is 0 Å². The molecule has 1 fully saturated rings. The summed E-state index contributed by atoms with van der Waals surface area (Å²) in [6.45, 7) is 5.74. The van der Waals surface area contributed by atoms with E-state index in [0.29, 0.717) is 6.29 Å². The van der Waals surface area contributed by atoms with Crippen LogP contribution in [0.4, 0.5) is 8.78 Å². The van der Waals surface area contributed by atoms with E-state index in [0.717, 1.165) is 0 Å². The van der Waals surface area contributed by atoms with Crippen molar-refractivity contribution in [3.05, 3.63) is 0 Å². The van der Waals surface area contributed by atoms with Crippen molar-refractivity contribution in [3.8, 4) is 0 Å². The fourth-order valence-corrected chi connectivity index (χ4v) is 2.13. The van der Waals surface area contributed by atoms with Crippen LogP contribution >= 0.6 is 0 Å². The van der Waals surface area contributed by atoms with E-state index >= 15 is 0 Å². The summed E-state index contributed by atoms with van der Waals surface area (Å²) in [7, 11) is 0. The Hall–Kier alpha value is -0.470. The summed E-state index contributed by atoms with van der Waals surface area (Å²) >= 11 is 0. The minimum Gasteiger partial charge on any atom is -0.303 e. The Morgan fingerprint density at radius 2 is 1.85 bits per heavy atom. The third-order valence-corrected chi connectivity index (χ3v) is 2.86. The molecule has 1 nitrogen and oxygen atoms in total. The maximum absolute atomic E-state index is 13.0. The van der Waals surface area contributed by atoms with Gasteiger partial charge in [0, 0.05) is 18.8 Å². The van der Waals surface area contributed by atoms with Gasteiger partial charge < -0.3 is 4.79 Å². The van der Waals surface area contributed by atoms with Gasteiger partial charge >= 0.3 is 0 Å². The van der Waals surface area contributed by atoms with Gasteiger partial charge in [0.15, 0.2) is 0 Å². The second kappa shape index (κ2) is 3.03. The summed E-state index contributed by atoms with van der Waals surface area (Å²) in [6.07, 6.45) is 0.287. The van der Waals surface area contributed by atoms with Crippen molar-refractivity contribution in [1.29, 1.82) is 0 Å².